The van der Waals surface area contributed by atoms with Gasteiger partial charge in [-0.05, 0) is 46.9 Å². The topological polar surface area (TPSA) is 74.4 Å². The Bertz CT molecular complexity index is 653. The molecule has 2 rings (SSSR count). The van der Waals surface area contributed by atoms with E-state index in [1.165, 1.54) is 5.56 Å². The van der Waals surface area contributed by atoms with E-state index in [4.69, 9.17) is 10.5 Å². The van der Waals surface area contributed by atoms with Gasteiger partial charge in [-0.1, -0.05) is 30.3 Å². The van der Waals surface area contributed by atoms with Crippen molar-refractivity contribution in [1.29, 1.82) is 0 Å². The molecule has 1 aliphatic heterocycles. The molecular weight excluding hydrogens is 481 g/mol. The van der Waals surface area contributed by atoms with Crippen LogP contribution in [0.15, 0.2) is 35.3 Å². The zero-order valence-corrected chi connectivity index (χ0v) is 20.6. The number of piperazine rings is 1. The average molecular weight is 517 g/mol. The van der Waals surface area contributed by atoms with Crippen LogP contribution in [0.4, 0.5) is 4.79 Å². The van der Waals surface area contributed by atoms with Crippen molar-refractivity contribution < 1.29 is 9.53 Å². The lowest BCUT2D eigenvalue weighted by Crippen LogP contribution is -2.53. The van der Waals surface area contributed by atoms with E-state index in [1.54, 1.807) is 4.90 Å². The molecule has 1 heterocycles. The van der Waals surface area contributed by atoms with E-state index in [2.05, 4.69) is 48.3 Å². The second-order valence-electron chi connectivity index (χ2n) is 8.46. The van der Waals surface area contributed by atoms with Gasteiger partial charge in [0, 0.05) is 32.2 Å². The van der Waals surface area contributed by atoms with Crippen molar-refractivity contribution in [2.45, 2.75) is 38.8 Å². The van der Waals surface area contributed by atoms with Crippen molar-refractivity contribution in [2.75, 3.05) is 46.8 Å². The number of nitrogens with two attached hydrogens (primary N) is 1. The fourth-order valence-corrected chi connectivity index (χ4v) is 3.04. The number of carbonyl (C=O) groups is 1. The Hall–Kier alpha value is -1.55. The molecule has 29 heavy (non-hydrogen) atoms. The van der Waals surface area contributed by atoms with Crippen LogP contribution < -0.4 is 5.73 Å². The van der Waals surface area contributed by atoms with E-state index in [1.807, 2.05) is 31.7 Å². The van der Waals surface area contributed by atoms with Crippen LogP contribution in [0.1, 0.15) is 26.3 Å². The second-order valence-corrected chi connectivity index (χ2v) is 8.46. The predicted octanol–water partition coefficient (Wildman–Crippen LogP) is 2.64. The highest BCUT2D eigenvalue weighted by Gasteiger charge is 2.26. The number of likely N-dealkylation sites (N-methyl/N-ethyl adjacent to an activating group) is 1. The lowest BCUT2D eigenvalue weighted by Gasteiger charge is -2.36. The number of ether oxygens (including phenoxy) is 1. The molecule has 0 bridgehead atoms. The molecule has 0 saturated carbocycles. The Kier molecular flexibility index (Phi) is 10.2. The van der Waals surface area contributed by atoms with Gasteiger partial charge < -0.3 is 25.2 Å². The first-order chi connectivity index (χ1) is 13.2. The molecule has 1 aromatic carbocycles. The van der Waals surface area contributed by atoms with E-state index in [0.29, 0.717) is 38.7 Å². The van der Waals surface area contributed by atoms with Crippen LogP contribution in [-0.2, 0) is 11.2 Å². The smallest absolute Gasteiger partial charge is 0.410 e. The van der Waals surface area contributed by atoms with Gasteiger partial charge in [-0.15, -0.1) is 24.0 Å². The van der Waals surface area contributed by atoms with Gasteiger partial charge in [0.1, 0.15) is 5.60 Å². The normalized spacial score (nSPS) is 16.4. The molecular formula is C21H36IN5O2. The van der Waals surface area contributed by atoms with Crippen LogP contribution in [-0.4, -0.2) is 85.2 Å². The number of halogens is 1. The van der Waals surface area contributed by atoms with Crippen molar-refractivity contribution in [1.82, 2.24) is 14.7 Å². The fourth-order valence-electron chi connectivity index (χ4n) is 3.04. The average Bonchev–Trinajstić information content (AvgIpc) is 2.64. The summed E-state index contributed by atoms with van der Waals surface area (Å²) in [5.74, 6) is 0.545. The minimum Gasteiger partial charge on any atom is -0.444 e. The molecule has 0 aliphatic carbocycles. The van der Waals surface area contributed by atoms with Gasteiger partial charge in [0.25, 0.3) is 0 Å². The number of hydrogen-bond acceptors (Lipinski definition) is 4. The van der Waals surface area contributed by atoms with Crippen LogP contribution in [0, 0.1) is 0 Å². The molecule has 0 spiro atoms. The molecule has 0 aromatic heterocycles. The van der Waals surface area contributed by atoms with Crippen LogP contribution >= 0.6 is 24.0 Å². The highest BCUT2D eigenvalue weighted by Crippen LogP contribution is 2.12. The van der Waals surface area contributed by atoms with Gasteiger partial charge in [0.05, 0.1) is 6.54 Å². The summed E-state index contributed by atoms with van der Waals surface area (Å²) >= 11 is 0. The number of aliphatic imine (C=N–C) groups is 1. The lowest BCUT2D eigenvalue weighted by atomic mass is 10.1. The first-order valence-corrected chi connectivity index (χ1v) is 9.89. The Balaban J connectivity index is 0.00000420. The Morgan fingerprint density at radius 2 is 1.69 bits per heavy atom. The van der Waals surface area contributed by atoms with E-state index in [9.17, 15) is 4.79 Å². The van der Waals surface area contributed by atoms with Gasteiger partial charge in [0.2, 0.25) is 0 Å². The largest absolute Gasteiger partial charge is 0.444 e. The number of benzene rings is 1. The zero-order valence-electron chi connectivity index (χ0n) is 18.3. The summed E-state index contributed by atoms with van der Waals surface area (Å²) in [6.07, 6.45) is 0.662. The molecule has 164 valence electrons. The quantitative estimate of drug-likeness (QED) is 0.370. The Morgan fingerprint density at radius 3 is 2.21 bits per heavy atom. The van der Waals surface area contributed by atoms with Crippen molar-refractivity contribution in [3.63, 3.8) is 0 Å². The standard InChI is InChI=1S/C21H35N5O2.HI/c1-21(2,3)28-20(27)26-13-11-25(12-14-26)19(22)23-16-18(24(4)5)15-17-9-7-6-8-10-17;/h6-10,18H,11-16H2,1-5H3,(H2,22,23);1H. The maximum atomic E-state index is 12.2. The third kappa shape index (κ3) is 8.77. The summed E-state index contributed by atoms with van der Waals surface area (Å²) in [6, 6.07) is 10.7. The molecule has 1 atom stereocenters. The summed E-state index contributed by atoms with van der Waals surface area (Å²) in [5, 5.41) is 0. The molecule has 1 saturated heterocycles. The van der Waals surface area contributed by atoms with Gasteiger partial charge >= 0.3 is 6.09 Å². The highest BCUT2D eigenvalue weighted by molar-refractivity contribution is 14.0. The number of amides is 1. The van der Waals surface area contributed by atoms with Crippen molar-refractivity contribution in [2.24, 2.45) is 10.7 Å². The number of carbonyl (C=O) groups excluding carboxylic acids is 1. The van der Waals surface area contributed by atoms with Gasteiger partial charge in [-0.3, -0.25) is 4.99 Å². The summed E-state index contributed by atoms with van der Waals surface area (Å²) in [7, 11) is 4.14. The molecule has 1 fully saturated rings. The van der Waals surface area contributed by atoms with Gasteiger partial charge in [-0.25, -0.2) is 4.79 Å². The van der Waals surface area contributed by atoms with Gasteiger partial charge in [-0.2, -0.15) is 0 Å². The van der Waals surface area contributed by atoms with Crippen LogP contribution in [0.2, 0.25) is 0 Å². The Labute approximate surface area is 192 Å². The van der Waals surface area contributed by atoms with Crippen LogP contribution in [0.5, 0.6) is 0 Å². The first kappa shape index (κ1) is 25.5. The van der Waals surface area contributed by atoms with E-state index in [-0.39, 0.29) is 36.1 Å². The van der Waals surface area contributed by atoms with Crippen molar-refractivity contribution in [3.05, 3.63) is 35.9 Å². The summed E-state index contributed by atoms with van der Waals surface area (Å²) in [5.41, 5.74) is 7.05. The molecule has 2 N–H and O–H groups in total. The first-order valence-electron chi connectivity index (χ1n) is 9.89. The van der Waals surface area contributed by atoms with Crippen molar-refractivity contribution in [3.8, 4) is 0 Å². The minimum atomic E-state index is -0.478. The van der Waals surface area contributed by atoms with E-state index >= 15 is 0 Å². The molecule has 1 unspecified atom stereocenters. The van der Waals surface area contributed by atoms with Crippen molar-refractivity contribution >= 4 is 36.0 Å². The van der Waals surface area contributed by atoms with Gasteiger partial charge in [0.15, 0.2) is 5.96 Å². The lowest BCUT2D eigenvalue weighted by molar-refractivity contribution is 0.0186. The predicted molar refractivity (Wildman–Crippen MR) is 129 cm³/mol. The molecule has 1 aliphatic rings. The minimum absolute atomic E-state index is 0. The summed E-state index contributed by atoms with van der Waals surface area (Å²) in [6.45, 7) is 8.78. The maximum absolute atomic E-state index is 12.2. The zero-order chi connectivity index (χ0) is 20.7. The fraction of sp³-hybridized carbons (Fsp3) is 0.619. The summed E-state index contributed by atoms with van der Waals surface area (Å²) < 4.78 is 5.44. The number of rotatable bonds is 5. The molecule has 7 nitrogen and oxygen atoms in total. The maximum Gasteiger partial charge on any atom is 0.410 e. The Morgan fingerprint density at radius 1 is 1.14 bits per heavy atom. The monoisotopic (exact) mass is 517 g/mol. The number of nitrogens with zero attached hydrogens (tertiary/aromatic N) is 4. The molecule has 8 heteroatoms. The highest BCUT2D eigenvalue weighted by atomic mass is 127. The third-order valence-electron chi connectivity index (χ3n) is 4.76. The second kappa shape index (κ2) is 11.6. The van der Waals surface area contributed by atoms with E-state index in [0.717, 1.165) is 6.42 Å². The van der Waals surface area contributed by atoms with Crippen LogP contribution in [0.3, 0.4) is 0 Å². The number of hydrogen-bond donors (Lipinski definition) is 1. The summed E-state index contributed by atoms with van der Waals surface area (Å²) in [4.78, 5) is 22.8. The van der Waals surface area contributed by atoms with Crippen LogP contribution in [0.25, 0.3) is 0 Å². The van der Waals surface area contributed by atoms with E-state index < -0.39 is 5.60 Å². The molecule has 0 radical (unpaired) electrons. The number of guanidine groups is 1. The molecule has 1 amide bonds. The SMILES string of the molecule is CN(C)C(CN=C(N)N1CCN(C(=O)OC(C)(C)C)CC1)Cc1ccccc1.I. The third-order valence-corrected chi connectivity index (χ3v) is 4.76. The molecule has 1 aromatic rings.